The predicted molar refractivity (Wildman–Crippen MR) is 94.9 cm³/mol. The number of aromatic nitrogens is 1. The van der Waals surface area contributed by atoms with E-state index in [0.29, 0.717) is 6.42 Å². The molecule has 24 heavy (non-hydrogen) atoms. The lowest BCUT2D eigenvalue weighted by Crippen LogP contribution is -2.48. The molecule has 0 bridgehead atoms. The second-order valence-corrected chi connectivity index (χ2v) is 7.05. The molecule has 1 fully saturated rings. The first-order valence-corrected chi connectivity index (χ1v) is 8.68. The third-order valence-corrected chi connectivity index (χ3v) is 5.77. The fourth-order valence-corrected chi connectivity index (χ4v) is 4.71. The quantitative estimate of drug-likeness (QED) is 0.726. The van der Waals surface area contributed by atoms with Crippen LogP contribution in [0.5, 0.6) is 0 Å². The molecule has 1 N–H and O–H groups in total. The fraction of sp³-hybridized carbons (Fsp3) is 0.286. The molecule has 0 spiro atoms. The molecule has 0 unspecified atom stereocenters. The number of rotatable bonds is 1. The van der Waals surface area contributed by atoms with Crippen molar-refractivity contribution in [2.24, 2.45) is 0 Å². The van der Waals surface area contributed by atoms with E-state index in [1.165, 1.54) is 33.3 Å². The summed E-state index contributed by atoms with van der Waals surface area (Å²) >= 11 is 0. The third-order valence-electron chi connectivity index (χ3n) is 5.77. The van der Waals surface area contributed by atoms with Crippen LogP contribution in [0.3, 0.4) is 0 Å². The predicted octanol–water partition coefficient (Wildman–Crippen LogP) is 3.90. The molecule has 5 rings (SSSR count). The number of aromatic amines is 1. The van der Waals surface area contributed by atoms with Crippen LogP contribution in [0.1, 0.15) is 35.2 Å². The number of hydrogen-bond acceptors (Lipinski definition) is 1. The highest BCUT2D eigenvalue weighted by Gasteiger charge is 2.51. The van der Waals surface area contributed by atoms with Crippen LogP contribution in [-0.4, -0.2) is 22.3 Å². The van der Waals surface area contributed by atoms with Crippen LogP contribution in [0, 0.1) is 6.92 Å². The molecule has 0 saturated carbocycles. The van der Waals surface area contributed by atoms with Crippen LogP contribution in [-0.2, 0) is 16.8 Å². The van der Waals surface area contributed by atoms with Crippen molar-refractivity contribution in [2.75, 3.05) is 6.54 Å². The van der Waals surface area contributed by atoms with Gasteiger partial charge in [-0.3, -0.25) is 4.79 Å². The molecule has 0 aliphatic carbocycles. The van der Waals surface area contributed by atoms with E-state index >= 15 is 0 Å². The molecule has 1 atom stereocenters. The number of carbonyl (C=O) groups excluding carboxylic acids is 1. The molecule has 1 aromatic heterocycles. The van der Waals surface area contributed by atoms with Crippen LogP contribution < -0.4 is 0 Å². The van der Waals surface area contributed by atoms with Crippen LogP contribution in [0.4, 0.5) is 0 Å². The number of carbonyl (C=O) groups is 1. The first kappa shape index (κ1) is 13.8. The van der Waals surface area contributed by atoms with E-state index in [1.54, 1.807) is 0 Å². The Kier molecular flexibility index (Phi) is 2.73. The number of nitrogens with zero attached hydrogens (tertiary/aromatic N) is 1. The van der Waals surface area contributed by atoms with E-state index in [-0.39, 0.29) is 11.4 Å². The van der Waals surface area contributed by atoms with Gasteiger partial charge in [-0.05, 0) is 42.5 Å². The molecular formula is C21H20N2O. The Morgan fingerprint density at radius 2 is 1.92 bits per heavy atom. The number of fused-ring (bicyclic) bond motifs is 5. The van der Waals surface area contributed by atoms with Crippen LogP contribution in [0.15, 0.2) is 48.5 Å². The van der Waals surface area contributed by atoms with Crippen molar-refractivity contribution in [3.8, 4) is 0 Å². The van der Waals surface area contributed by atoms with Gasteiger partial charge in [0, 0.05) is 23.9 Å². The summed E-state index contributed by atoms with van der Waals surface area (Å²) in [6, 6.07) is 17.1. The van der Waals surface area contributed by atoms with Gasteiger partial charge < -0.3 is 9.88 Å². The summed E-state index contributed by atoms with van der Waals surface area (Å²) in [6.07, 6.45) is 2.41. The Bertz CT molecular complexity index is 957. The average molecular weight is 316 g/mol. The van der Waals surface area contributed by atoms with Crippen molar-refractivity contribution >= 4 is 16.8 Å². The molecule has 3 nitrogen and oxygen atoms in total. The number of nitrogens with one attached hydrogen (secondary N) is 1. The summed E-state index contributed by atoms with van der Waals surface area (Å²) in [5.41, 5.74) is 5.97. The molecular weight excluding hydrogens is 296 g/mol. The van der Waals surface area contributed by atoms with Gasteiger partial charge in [0.15, 0.2) is 0 Å². The van der Waals surface area contributed by atoms with Crippen molar-refractivity contribution in [1.29, 1.82) is 0 Å². The zero-order valence-corrected chi connectivity index (χ0v) is 13.8. The Hall–Kier alpha value is -2.55. The monoisotopic (exact) mass is 316 g/mol. The van der Waals surface area contributed by atoms with Gasteiger partial charge in [0.2, 0.25) is 5.91 Å². The minimum absolute atomic E-state index is 0.277. The highest BCUT2D eigenvalue weighted by Crippen LogP contribution is 2.49. The van der Waals surface area contributed by atoms with E-state index < -0.39 is 0 Å². The zero-order valence-electron chi connectivity index (χ0n) is 13.8. The first-order chi connectivity index (χ1) is 11.7. The van der Waals surface area contributed by atoms with Crippen molar-refractivity contribution in [3.05, 3.63) is 70.9 Å². The maximum atomic E-state index is 12.6. The summed E-state index contributed by atoms with van der Waals surface area (Å²) in [7, 11) is 0. The summed E-state index contributed by atoms with van der Waals surface area (Å²) < 4.78 is 0. The Morgan fingerprint density at radius 3 is 2.75 bits per heavy atom. The number of aryl methyl sites for hydroxylation is 1. The molecule has 120 valence electrons. The normalized spacial score (nSPS) is 22.7. The van der Waals surface area contributed by atoms with Gasteiger partial charge in [-0.1, -0.05) is 42.5 Å². The van der Waals surface area contributed by atoms with E-state index in [1.807, 2.05) is 6.07 Å². The van der Waals surface area contributed by atoms with Gasteiger partial charge in [0.1, 0.15) is 5.54 Å². The molecule has 3 heterocycles. The number of H-pyrrole nitrogens is 1. The second-order valence-electron chi connectivity index (χ2n) is 7.05. The SMILES string of the molecule is Cc1ccc2c3c([nH]c2c1)[C@@]1(c2ccccc2)CCC(=O)N1CC3. The van der Waals surface area contributed by atoms with Gasteiger partial charge in [-0.15, -0.1) is 0 Å². The average Bonchev–Trinajstić information content (AvgIpc) is 3.14. The summed E-state index contributed by atoms with van der Waals surface area (Å²) in [5, 5.41) is 1.31. The van der Waals surface area contributed by atoms with E-state index in [2.05, 4.69) is 59.3 Å². The number of benzene rings is 2. The van der Waals surface area contributed by atoms with Gasteiger partial charge >= 0.3 is 0 Å². The van der Waals surface area contributed by atoms with Crippen molar-refractivity contribution in [2.45, 2.75) is 31.7 Å². The smallest absolute Gasteiger partial charge is 0.223 e. The van der Waals surface area contributed by atoms with Gasteiger partial charge in [0.25, 0.3) is 0 Å². The molecule has 2 aromatic carbocycles. The summed E-state index contributed by atoms with van der Waals surface area (Å²) in [6.45, 7) is 2.93. The molecule has 1 amide bonds. The summed E-state index contributed by atoms with van der Waals surface area (Å²) in [5.74, 6) is 0.277. The van der Waals surface area contributed by atoms with Gasteiger partial charge in [-0.2, -0.15) is 0 Å². The van der Waals surface area contributed by atoms with Crippen molar-refractivity contribution in [3.63, 3.8) is 0 Å². The second kappa shape index (κ2) is 4.73. The molecule has 2 aliphatic rings. The molecule has 3 aromatic rings. The first-order valence-electron chi connectivity index (χ1n) is 8.68. The number of amides is 1. The highest BCUT2D eigenvalue weighted by molar-refractivity contribution is 5.89. The largest absolute Gasteiger partial charge is 0.356 e. The minimum Gasteiger partial charge on any atom is -0.356 e. The Morgan fingerprint density at radius 1 is 1.08 bits per heavy atom. The maximum Gasteiger partial charge on any atom is 0.223 e. The van der Waals surface area contributed by atoms with Crippen LogP contribution in [0.25, 0.3) is 10.9 Å². The van der Waals surface area contributed by atoms with Gasteiger partial charge in [-0.25, -0.2) is 0 Å². The zero-order chi connectivity index (χ0) is 16.3. The minimum atomic E-state index is -0.321. The fourth-order valence-electron chi connectivity index (χ4n) is 4.71. The highest BCUT2D eigenvalue weighted by atomic mass is 16.2. The van der Waals surface area contributed by atoms with E-state index in [0.717, 1.165) is 19.4 Å². The van der Waals surface area contributed by atoms with E-state index in [9.17, 15) is 4.79 Å². The Balaban J connectivity index is 1.84. The lowest BCUT2D eigenvalue weighted by molar-refractivity contribution is -0.131. The van der Waals surface area contributed by atoms with Crippen LogP contribution >= 0.6 is 0 Å². The van der Waals surface area contributed by atoms with Crippen LogP contribution in [0.2, 0.25) is 0 Å². The molecule has 0 radical (unpaired) electrons. The van der Waals surface area contributed by atoms with Crippen molar-refractivity contribution < 1.29 is 4.79 Å². The standard InChI is InChI=1S/C21H20N2O/c1-14-7-8-16-17-10-12-23-19(24)9-11-21(23,15-5-3-2-4-6-15)20(17)22-18(16)13-14/h2-8,13,22H,9-12H2,1H3/t21-/m0/s1. The third kappa shape index (κ3) is 1.64. The molecule has 3 heteroatoms. The molecule has 2 aliphatic heterocycles. The summed E-state index contributed by atoms with van der Waals surface area (Å²) in [4.78, 5) is 18.4. The maximum absolute atomic E-state index is 12.6. The Labute approximate surface area is 141 Å². The topological polar surface area (TPSA) is 36.1 Å². The lowest BCUT2D eigenvalue weighted by Gasteiger charge is -2.42. The lowest BCUT2D eigenvalue weighted by atomic mass is 9.79. The van der Waals surface area contributed by atoms with E-state index in [4.69, 9.17) is 0 Å². The number of hydrogen-bond donors (Lipinski definition) is 1. The van der Waals surface area contributed by atoms with Crippen molar-refractivity contribution in [1.82, 2.24) is 9.88 Å². The molecule has 1 saturated heterocycles. The van der Waals surface area contributed by atoms with Gasteiger partial charge in [0.05, 0.1) is 5.69 Å².